The molecule has 2 aliphatic heterocycles. The molecule has 1 aromatic carbocycles. The topological polar surface area (TPSA) is 86.8 Å². The van der Waals surface area contributed by atoms with Crippen LogP contribution >= 0.6 is 0 Å². The molecule has 1 N–H and O–H groups in total. The van der Waals surface area contributed by atoms with Gasteiger partial charge in [0.05, 0.1) is 4.90 Å². The highest BCUT2D eigenvalue weighted by Gasteiger charge is 2.49. The lowest BCUT2D eigenvalue weighted by atomic mass is 9.99. The SMILES string of the molecule is CCc1ccccc1S(=O)(=O)N1CC2CC(NC(C)=O)CN2C(=O)C1CC(C)C. The van der Waals surface area contributed by atoms with Crippen molar-refractivity contribution in [3.63, 3.8) is 0 Å². The lowest BCUT2D eigenvalue weighted by molar-refractivity contribution is -0.141. The number of fused-ring (bicyclic) bond motifs is 1. The molecule has 3 unspecified atom stereocenters. The van der Waals surface area contributed by atoms with Gasteiger partial charge in [0.25, 0.3) is 0 Å². The van der Waals surface area contributed by atoms with E-state index in [4.69, 9.17) is 0 Å². The Balaban J connectivity index is 1.97. The van der Waals surface area contributed by atoms with Gasteiger partial charge in [0, 0.05) is 32.1 Å². The number of aryl methyl sites for hydroxylation is 1. The van der Waals surface area contributed by atoms with E-state index in [0.29, 0.717) is 25.8 Å². The Kier molecular flexibility index (Phi) is 6.33. The molecule has 3 atom stereocenters. The molecule has 0 saturated carbocycles. The van der Waals surface area contributed by atoms with Gasteiger partial charge in [0.1, 0.15) is 6.04 Å². The van der Waals surface area contributed by atoms with Crippen molar-refractivity contribution in [2.24, 2.45) is 5.92 Å². The summed E-state index contributed by atoms with van der Waals surface area (Å²) in [6.07, 6.45) is 1.65. The van der Waals surface area contributed by atoms with Crippen molar-refractivity contribution in [1.29, 1.82) is 0 Å². The molecule has 0 aromatic heterocycles. The zero-order chi connectivity index (χ0) is 21.3. The fraction of sp³-hybridized carbons (Fsp3) is 0.619. The monoisotopic (exact) mass is 421 g/mol. The summed E-state index contributed by atoms with van der Waals surface area (Å²) in [6, 6.07) is 5.96. The first-order chi connectivity index (χ1) is 13.6. The normalized spacial score (nSPS) is 25.3. The Bertz CT molecular complexity index is 884. The van der Waals surface area contributed by atoms with Gasteiger partial charge in [0.15, 0.2) is 0 Å². The zero-order valence-electron chi connectivity index (χ0n) is 17.6. The predicted molar refractivity (Wildman–Crippen MR) is 111 cm³/mol. The van der Waals surface area contributed by atoms with Crippen LogP contribution in [0.3, 0.4) is 0 Å². The molecule has 160 valence electrons. The van der Waals surface area contributed by atoms with Crippen LogP contribution in [0.2, 0.25) is 0 Å². The maximum Gasteiger partial charge on any atom is 0.244 e. The standard InChI is InChI=1S/C21H31N3O4S/c1-5-16-8-6-7-9-20(16)29(27,28)24-13-18-11-17(22-15(4)25)12-23(18)21(26)19(24)10-14(2)3/h6-9,14,17-19H,5,10-13H2,1-4H3,(H,22,25). The number of hydrogen-bond acceptors (Lipinski definition) is 4. The van der Waals surface area contributed by atoms with Gasteiger partial charge in [-0.25, -0.2) is 8.42 Å². The molecule has 2 heterocycles. The van der Waals surface area contributed by atoms with Crippen molar-refractivity contribution < 1.29 is 18.0 Å². The Morgan fingerprint density at radius 1 is 1.24 bits per heavy atom. The number of piperazine rings is 1. The lowest BCUT2D eigenvalue weighted by Crippen LogP contribution is -2.61. The van der Waals surface area contributed by atoms with E-state index in [2.05, 4.69) is 5.32 Å². The van der Waals surface area contributed by atoms with Crippen LogP contribution in [-0.2, 0) is 26.0 Å². The van der Waals surface area contributed by atoms with Crippen molar-refractivity contribution in [3.8, 4) is 0 Å². The summed E-state index contributed by atoms with van der Waals surface area (Å²) in [5, 5.41) is 2.88. The predicted octanol–water partition coefficient (Wildman–Crippen LogP) is 1.77. The number of carbonyl (C=O) groups is 2. The summed E-state index contributed by atoms with van der Waals surface area (Å²) < 4.78 is 28.7. The van der Waals surface area contributed by atoms with E-state index >= 15 is 0 Å². The summed E-state index contributed by atoms with van der Waals surface area (Å²) in [7, 11) is -3.81. The average molecular weight is 422 g/mol. The molecule has 2 saturated heterocycles. The van der Waals surface area contributed by atoms with Crippen LogP contribution in [0.1, 0.15) is 46.1 Å². The molecular formula is C21H31N3O4S. The van der Waals surface area contributed by atoms with Crippen LogP contribution in [0.4, 0.5) is 0 Å². The minimum absolute atomic E-state index is 0.133. The third kappa shape index (κ3) is 4.33. The Labute approximate surface area is 173 Å². The molecule has 0 bridgehead atoms. The van der Waals surface area contributed by atoms with Crippen LogP contribution in [0.5, 0.6) is 0 Å². The van der Waals surface area contributed by atoms with Crippen LogP contribution in [-0.4, -0.2) is 60.7 Å². The quantitative estimate of drug-likeness (QED) is 0.758. The van der Waals surface area contributed by atoms with Gasteiger partial charge in [0.2, 0.25) is 21.8 Å². The number of carbonyl (C=O) groups excluding carboxylic acids is 2. The molecule has 1 aromatic rings. The van der Waals surface area contributed by atoms with E-state index < -0.39 is 16.1 Å². The summed E-state index contributed by atoms with van der Waals surface area (Å²) in [5.74, 6) is -0.115. The third-order valence-corrected chi connectivity index (χ3v) is 7.74. The molecule has 29 heavy (non-hydrogen) atoms. The third-order valence-electron chi connectivity index (χ3n) is 5.76. The number of hydrogen-bond donors (Lipinski definition) is 1. The molecule has 3 rings (SSSR count). The summed E-state index contributed by atoms with van der Waals surface area (Å²) >= 11 is 0. The summed E-state index contributed by atoms with van der Waals surface area (Å²) in [6.45, 7) is 8.08. The first kappa shape index (κ1) is 21.8. The Hall–Kier alpha value is -1.93. The number of amides is 2. The first-order valence-electron chi connectivity index (χ1n) is 10.3. The number of benzene rings is 1. The van der Waals surface area contributed by atoms with Gasteiger partial charge in [-0.05, 0) is 36.8 Å². The molecular weight excluding hydrogens is 390 g/mol. The van der Waals surface area contributed by atoms with Crippen LogP contribution in [0.25, 0.3) is 0 Å². The molecule has 7 nitrogen and oxygen atoms in total. The van der Waals surface area contributed by atoms with E-state index in [-0.39, 0.29) is 41.3 Å². The van der Waals surface area contributed by atoms with Gasteiger partial charge in [-0.2, -0.15) is 4.31 Å². The minimum atomic E-state index is -3.81. The number of rotatable bonds is 6. The largest absolute Gasteiger partial charge is 0.352 e. The van der Waals surface area contributed by atoms with Gasteiger partial charge in [-0.15, -0.1) is 0 Å². The first-order valence-corrected chi connectivity index (χ1v) is 11.8. The zero-order valence-corrected chi connectivity index (χ0v) is 18.4. The molecule has 2 amide bonds. The van der Waals surface area contributed by atoms with E-state index in [1.807, 2.05) is 32.9 Å². The second-order valence-electron chi connectivity index (χ2n) is 8.46. The van der Waals surface area contributed by atoms with Crippen LogP contribution < -0.4 is 5.32 Å². The molecule has 0 aliphatic carbocycles. The Morgan fingerprint density at radius 3 is 2.55 bits per heavy atom. The van der Waals surface area contributed by atoms with Crippen molar-refractivity contribution in [2.45, 2.75) is 70.0 Å². The van der Waals surface area contributed by atoms with Gasteiger partial charge >= 0.3 is 0 Å². The Morgan fingerprint density at radius 2 is 1.93 bits per heavy atom. The minimum Gasteiger partial charge on any atom is -0.352 e. The van der Waals surface area contributed by atoms with Crippen LogP contribution in [0.15, 0.2) is 29.2 Å². The van der Waals surface area contributed by atoms with Crippen molar-refractivity contribution >= 4 is 21.8 Å². The lowest BCUT2D eigenvalue weighted by Gasteiger charge is -2.42. The second-order valence-corrected chi connectivity index (χ2v) is 10.3. The van der Waals surface area contributed by atoms with E-state index in [9.17, 15) is 18.0 Å². The van der Waals surface area contributed by atoms with Crippen molar-refractivity contribution in [1.82, 2.24) is 14.5 Å². The van der Waals surface area contributed by atoms with Gasteiger partial charge in [-0.1, -0.05) is 39.0 Å². The smallest absolute Gasteiger partial charge is 0.244 e. The molecule has 2 fully saturated rings. The molecule has 2 aliphatic rings. The van der Waals surface area contributed by atoms with Crippen molar-refractivity contribution in [2.75, 3.05) is 13.1 Å². The number of sulfonamides is 1. The number of nitrogens with one attached hydrogen (secondary N) is 1. The summed E-state index contributed by atoms with van der Waals surface area (Å²) in [5.41, 5.74) is 0.758. The molecule has 0 spiro atoms. The molecule has 8 heteroatoms. The fourth-order valence-electron chi connectivity index (χ4n) is 4.51. The van der Waals surface area contributed by atoms with E-state index in [0.717, 1.165) is 5.56 Å². The van der Waals surface area contributed by atoms with Crippen LogP contribution in [0, 0.1) is 5.92 Å². The van der Waals surface area contributed by atoms with E-state index in [1.165, 1.54) is 11.2 Å². The van der Waals surface area contributed by atoms with Gasteiger partial charge < -0.3 is 10.2 Å². The highest BCUT2D eigenvalue weighted by molar-refractivity contribution is 7.89. The second kappa shape index (κ2) is 8.44. The van der Waals surface area contributed by atoms with E-state index in [1.54, 1.807) is 17.0 Å². The average Bonchev–Trinajstić information content (AvgIpc) is 3.05. The maximum absolute atomic E-state index is 13.6. The highest BCUT2D eigenvalue weighted by atomic mass is 32.2. The van der Waals surface area contributed by atoms with Gasteiger partial charge in [-0.3, -0.25) is 9.59 Å². The fourth-order valence-corrected chi connectivity index (χ4v) is 6.43. The number of nitrogens with zero attached hydrogens (tertiary/aromatic N) is 2. The highest BCUT2D eigenvalue weighted by Crippen LogP contribution is 2.33. The molecule has 0 radical (unpaired) electrons. The van der Waals surface area contributed by atoms with Crippen molar-refractivity contribution in [3.05, 3.63) is 29.8 Å². The maximum atomic E-state index is 13.6. The summed E-state index contributed by atoms with van der Waals surface area (Å²) in [4.78, 5) is 26.8.